The van der Waals surface area contributed by atoms with Gasteiger partial charge in [-0.15, -0.1) is 0 Å². The van der Waals surface area contributed by atoms with Crippen LogP contribution in [0.25, 0.3) is 11.0 Å². The summed E-state index contributed by atoms with van der Waals surface area (Å²) in [6.07, 6.45) is 6.68. The lowest BCUT2D eigenvalue weighted by Gasteiger charge is -2.12. The van der Waals surface area contributed by atoms with Crippen molar-refractivity contribution in [3.8, 4) is 0 Å². The molecule has 2 heterocycles. The number of anilines is 1. The van der Waals surface area contributed by atoms with Gasteiger partial charge in [-0.25, -0.2) is 9.97 Å². The number of aromatic amines is 1. The van der Waals surface area contributed by atoms with Crippen LogP contribution in [0.4, 0.5) is 5.82 Å². The maximum Gasteiger partial charge on any atom is 0.158 e. The van der Waals surface area contributed by atoms with Gasteiger partial charge < -0.3 is 5.32 Å². The Bertz CT molecular complexity index is 498. The van der Waals surface area contributed by atoms with Gasteiger partial charge in [-0.3, -0.25) is 5.10 Å². The first-order chi connectivity index (χ1) is 7.84. The third-order valence-electron chi connectivity index (χ3n) is 3.21. The van der Waals surface area contributed by atoms with Crippen LogP contribution in [0.1, 0.15) is 31.4 Å². The Balaban J connectivity index is 1.96. The molecule has 84 valence electrons. The highest BCUT2D eigenvalue weighted by atomic mass is 15.2. The van der Waals surface area contributed by atoms with Crippen molar-refractivity contribution >= 4 is 16.9 Å². The average molecular weight is 217 g/mol. The summed E-state index contributed by atoms with van der Waals surface area (Å²) in [5.41, 5.74) is 2.76. The monoisotopic (exact) mass is 217 g/mol. The summed E-state index contributed by atoms with van der Waals surface area (Å²) < 4.78 is 0. The van der Waals surface area contributed by atoms with Gasteiger partial charge in [0.2, 0.25) is 0 Å². The summed E-state index contributed by atoms with van der Waals surface area (Å²) in [6, 6.07) is 0.551. The van der Waals surface area contributed by atoms with Gasteiger partial charge in [0.25, 0.3) is 0 Å². The molecule has 2 aromatic rings. The summed E-state index contributed by atoms with van der Waals surface area (Å²) in [4.78, 5) is 8.51. The lowest BCUT2D eigenvalue weighted by atomic mass is 10.2. The molecular formula is C11H15N5. The molecule has 2 N–H and O–H groups in total. The number of aromatic nitrogens is 4. The van der Waals surface area contributed by atoms with Crippen LogP contribution in [-0.4, -0.2) is 26.2 Å². The Morgan fingerprint density at radius 2 is 2.06 bits per heavy atom. The minimum Gasteiger partial charge on any atom is -0.365 e. The van der Waals surface area contributed by atoms with Gasteiger partial charge >= 0.3 is 0 Å². The summed E-state index contributed by atoms with van der Waals surface area (Å²) in [7, 11) is 0. The molecule has 0 amide bonds. The van der Waals surface area contributed by atoms with Gasteiger partial charge in [0.05, 0.1) is 5.69 Å². The number of hydrogen-bond donors (Lipinski definition) is 2. The second kappa shape index (κ2) is 3.73. The molecule has 0 atom stereocenters. The molecule has 3 rings (SSSR count). The molecule has 1 aliphatic rings. The molecule has 5 heteroatoms. The number of H-pyrrole nitrogens is 1. The number of nitrogens with one attached hydrogen (secondary N) is 2. The van der Waals surface area contributed by atoms with E-state index in [1.54, 1.807) is 6.33 Å². The van der Waals surface area contributed by atoms with Gasteiger partial charge in [-0.1, -0.05) is 12.8 Å². The van der Waals surface area contributed by atoms with Crippen molar-refractivity contribution in [1.29, 1.82) is 0 Å². The SMILES string of the molecule is Cc1[nH]nc2c(NC3CCCC3)ncnc12. The second-order valence-electron chi connectivity index (χ2n) is 4.39. The van der Waals surface area contributed by atoms with E-state index < -0.39 is 0 Å². The molecular weight excluding hydrogens is 202 g/mol. The van der Waals surface area contributed by atoms with Crippen LogP contribution in [0.15, 0.2) is 6.33 Å². The molecule has 1 aliphatic carbocycles. The van der Waals surface area contributed by atoms with E-state index in [9.17, 15) is 0 Å². The fourth-order valence-corrected chi connectivity index (χ4v) is 2.32. The highest BCUT2D eigenvalue weighted by molar-refractivity contribution is 5.86. The highest BCUT2D eigenvalue weighted by Crippen LogP contribution is 2.24. The van der Waals surface area contributed by atoms with E-state index in [2.05, 4.69) is 25.5 Å². The van der Waals surface area contributed by atoms with Gasteiger partial charge in [0.1, 0.15) is 11.8 Å². The first-order valence-electron chi connectivity index (χ1n) is 5.77. The van der Waals surface area contributed by atoms with Crippen molar-refractivity contribution in [3.05, 3.63) is 12.0 Å². The quantitative estimate of drug-likeness (QED) is 0.807. The zero-order valence-electron chi connectivity index (χ0n) is 9.32. The van der Waals surface area contributed by atoms with Crippen LogP contribution in [0.3, 0.4) is 0 Å². The normalized spacial score (nSPS) is 17.1. The lowest BCUT2D eigenvalue weighted by molar-refractivity contribution is 0.751. The van der Waals surface area contributed by atoms with Crippen molar-refractivity contribution in [1.82, 2.24) is 20.2 Å². The van der Waals surface area contributed by atoms with E-state index in [0.29, 0.717) is 6.04 Å². The van der Waals surface area contributed by atoms with Crippen molar-refractivity contribution in [2.24, 2.45) is 0 Å². The molecule has 5 nitrogen and oxygen atoms in total. The van der Waals surface area contributed by atoms with Crippen LogP contribution in [0.5, 0.6) is 0 Å². The average Bonchev–Trinajstić information content (AvgIpc) is 2.90. The minimum atomic E-state index is 0.551. The van der Waals surface area contributed by atoms with E-state index in [4.69, 9.17) is 0 Å². The van der Waals surface area contributed by atoms with Crippen LogP contribution >= 0.6 is 0 Å². The first kappa shape index (κ1) is 9.57. The maximum atomic E-state index is 4.28. The third kappa shape index (κ3) is 1.52. The highest BCUT2D eigenvalue weighted by Gasteiger charge is 2.17. The predicted molar refractivity (Wildman–Crippen MR) is 62.3 cm³/mol. The molecule has 1 saturated carbocycles. The molecule has 16 heavy (non-hydrogen) atoms. The van der Waals surface area contributed by atoms with Gasteiger partial charge in [0.15, 0.2) is 11.3 Å². The Kier molecular flexibility index (Phi) is 2.23. The number of aryl methyl sites for hydroxylation is 1. The maximum absolute atomic E-state index is 4.28. The Labute approximate surface area is 93.7 Å². The molecule has 0 aliphatic heterocycles. The fraction of sp³-hybridized carbons (Fsp3) is 0.545. The van der Waals surface area contributed by atoms with Crippen LogP contribution < -0.4 is 5.32 Å². The van der Waals surface area contributed by atoms with Crippen LogP contribution in [0.2, 0.25) is 0 Å². The van der Waals surface area contributed by atoms with E-state index in [-0.39, 0.29) is 0 Å². The third-order valence-corrected chi connectivity index (χ3v) is 3.21. The Hall–Kier alpha value is -1.65. The topological polar surface area (TPSA) is 66.5 Å². The van der Waals surface area contributed by atoms with Crippen LogP contribution in [-0.2, 0) is 0 Å². The molecule has 0 unspecified atom stereocenters. The largest absolute Gasteiger partial charge is 0.365 e. The molecule has 1 fully saturated rings. The number of hydrogen-bond acceptors (Lipinski definition) is 4. The summed E-state index contributed by atoms with van der Waals surface area (Å²) in [5, 5.41) is 10.7. The summed E-state index contributed by atoms with van der Waals surface area (Å²) >= 11 is 0. The fourth-order valence-electron chi connectivity index (χ4n) is 2.32. The van der Waals surface area contributed by atoms with Crippen LogP contribution in [0, 0.1) is 6.92 Å². The summed E-state index contributed by atoms with van der Waals surface area (Å²) in [5.74, 6) is 0.862. The molecule has 0 bridgehead atoms. The zero-order valence-corrected chi connectivity index (χ0v) is 9.32. The van der Waals surface area contributed by atoms with Gasteiger partial charge in [-0.2, -0.15) is 5.10 Å². The van der Waals surface area contributed by atoms with Crippen molar-refractivity contribution in [2.45, 2.75) is 38.6 Å². The van der Waals surface area contributed by atoms with Crippen molar-refractivity contribution in [2.75, 3.05) is 5.32 Å². The number of rotatable bonds is 2. The Morgan fingerprint density at radius 3 is 2.88 bits per heavy atom. The van der Waals surface area contributed by atoms with E-state index in [0.717, 1.165) is 22.5 Å². The lowest BCUT2D eigenvalue weighted by Crippen LogP contribution is -2.15. The van der Waals surface area contributed by atoms with E-state index >= 15 is 0 Å². The van der Waals surface area contributed by atoms with Gasteiger partial charge in [0, 0.05) is 6.04 Å². The first-order valence-corrected chi connectivity index (χ1v) is 5.77. The number of nitrogens with zero attached hydrogens (tertiary/aromatic N) is 3. The predicted octanol–water partition coefficient (Wildman–Crippen LogP) is 2.02. The minimum absolute atomic E-state index is 0.551. The van der Waals surface area contributed by atoms with E-state index in [1.165, 1.54) is 25.7 Å². The van der Waals surface area contributed by atoms with Crippen molar-refractivity contribution in [3.63, 3.8) is 0 Å². The van der Waals surface area contributed by atoms with Gasteiger partial charge in [-0.05, 0) is 19.8 Å². The molecule has 0 aromatic carbocycles. The molecule has 2 aromatic heterocycles. The zero-order chi connectivity index (χ0) is 11.0. The standard InChI is InChI=1S/C11H15N5/c1-7-9-10(16-15-7)11(13-6-12-9)14-8-4-2-3-5-8/h6,8H,2-5H2,1H3,(H,15,16)(H,12,13,14). The molecule has 0 radical (unpaired) electrons. The Morgan fingerprint density at radius 1 is 1.25 bits per heavy atom. The van der Waals surface area contributed by atoms with E-state index in [1.807, 2.05) is 6.92 Å². The van der Waals surface area contributed by atoms with Crippen molar-refractivity contribution < 1.29 is 0 Å². The second-order valence-corrected chi connectivity index (χ2v) is 4.39. The molecule has 0 saturated heterocycles. The summed E-state index contributed by atoms with van der Waals surface area (Å²) in [6.45, 7) is 1.97. The molecule has 0 spiro atoms. The number of fused-ring (bicyclic) bond motifs is 1. The smallest absolute Gasteiger partial charge is 0.158 e.